The van der Waals surface area contributed by atoms with Crippen LogP contribution in [-0.2, 0) is 16.1 Å². The van der Waals surface area contributed by atoms with Crippen LogP contribution in [0.15, 0.2) is 36.7 Å². The quantitative estimate of drug-likeness (QED) is 0.835. The summed E-state index contributed by atoms with van der Waals surface area (Å²) < 4.78 is 4.64. The minimum Gasteiger partial charge on any atom is -0.468 e. The monoisotopic (exact) mass is 286 g/mol. The predicted octanol–water partition coefficient (Wildman–Crippen LogP) is 1.33. The molecule has 0 atom stereocenters. The number of carbonyl (C=O) groups is 1. The first-order chi connectivity index (χ1) is 10.1. The van der Waals surface area contributed by atoms with E-state index in [-0.39, 0.29) is 12.5 Å². The van der Waals surface area contributed by atoms with Gasteiger partial charge in [0.15, 0.2) is 0 Å². The third-order valence-corrected chi connectivity index (χ3v) is 3.00. The fourth-order valence-corrected chi connectivity index (χ4v) is 1.92. The average Bonchev–Trinajstić information content (AvgIpc) is 2.48. The number of esters is 1. The minimum absolute atomic E-state index is 0.244. The van der Waals surface area contributed by atoms with E-state index in [0.29, 0.717) is 12.4 Å². The lowest BCUT2D eigenvalue weighted by Gasteiger charge is -2.15. The predicted molar refractivity (Wildman–Crippen MR) is 80.2 cm³/mol. The summed E-state index contributed by atoms with van der Waals surface area (Å²) in [6.07, 6.45) is 3.18. The number of hydrogen-bond acceptors (Lipinski definition) is 6. The summed E-state index contributed by atoms with van der Waals surface area (Å²) in [6, 6.07) is 7.95. The SMILES string of the molecule is COC(=O)CN(C)Cc1ccc(-c2cnc(N)cn2)cc1. The summed E-state index contributed by atoms with van der Waals surface area (Å²) in [5.74, 6) is 0.158. The maximum absolute atomic E-state index is 11.2. The van der Waals surface area contributed by atoms with E-state index in [1.807, 2.05) is 36.2 Å². The van der Waals surface area contributed by atoms with Crippen molar-refractivity contribution < 1.29 is 9.53 Å². The first kappa shape index (κ1) is 14.9. The fourth-order valence-electron chi connectivity index (χ4n) is 1.92. The van der Waals surface area contributed by atoms with E-state index >= 15 is 0 Å². The molecule has 0 aliphatic rings. The van der Waals surface area contributed by atoms with Crippen LogP contribution >= 0.6 is 0 Å². The van der Waals surface area contributed by atoms with Crippen LogP contribution in [-0.4, -0.2) is 41.5 Å². The minimum atomic E-state index is -0.244. The van der Waals surface area contributed by atoms with Crippen LogP contribution < -0.4 is 5.73 Å². The van der Waals surface area contributed by atoms with Gasteiger partial charge in [0.05, 0.1) is 31.7 Å². The van der Waals surface area contributed by atoms with Crippen molar-refractivity contribution in [1.82, 2.24) is 14.9 Å². The number of nitrogen functional groups attached to an aromatic ring is 1. The van der Waals surface area contributed by atoms with Crippen LogP contribution in [0.5, 0.6) is 0 Å². The van der Waals surface area contributed by atoms with Crippen molar-refractivity contribution in [3.8, 4) is 11.3 Å². The Morgan fingerprint density at radius 2 is 1.95 bits per heavy atom. The maximum Gasteiger partial charge on any atom is 0.319 e. The zero-order valence-electron chi connectivity index (χ0n) is 12.1. The van der Waals surface area contributed by atoms with E-state index in [0.717, 1.165) is 16.8 Å². The first-order valence-electron chi connectivity index (χ1n) is 6.50. The summed E-state index contributed by atoms with van der Waals surface area (Å²) >= 11 is 0. The van der Waals surface area contributed by atoms with Crippen molar-refractivity contribution in [2.24, 2.45) is 0 Å². The molecule has 2 aromatic rings. The molecule has 0 amide bonds. The lowest BCUT2D eigenvalue weighted by molar-refractivity contribution is -0.141. The first-order valence-corrected chi connectivity index (χ1v) is 6.50. The highest BCUT2D eigenvalue weighted by Crippen LogP contribution is 2.17. The van der Waals surface area contributed by atoms with E-state index < -0.39 is 0 Å². The molecule has 0 saturated carbocycles. The molecule has 1 aromatic heterocycles. The number of rotatable bonds is 5. The molecule has 6 nitrogen and oxygen atoms in total. The molecule has 2 rings (SSSR count). The van der Waals surface area contributed by atoms with E-state index in [9.17, 15) is 4.79 Å². The Morgan fingerprint density at radius 1 is 1.24 bits per heavy atom. The molecular weight excluding hydrogens is 268 g/mol. The van der Waals surface area contributed by atoms with Crippen molar-refractivity contribution >= 4 is 11.8 Å². The van der Waals surface area contributed by atoms with Crippen LogP contribution in [0.1, 0.15) is 5.56 Å². The Hall–Kier alpha value is -2.47. The molecule has 0 aliphatic heterocycles. The topological polar surface area (TPSA) is 81.3 Å². The van der Waals surface area contributed by atoms with Gasteiger partial charge in [-0.25, -0.2) is 4.98 Å². The zero-order valence-corrected chi connectivity index (χ0v) is 12.1. The summed E-state index contributed by atoms with van der Waals surface area (Å²) in [4.78, 5) is 21.3. The number of nitrogens with two attached hydrogens (primary N) is 1. The summed E-state index contributed by atoms with van der Waals surface area (Å²) in [5.41, 5.74) is 8.37. The molecule has 1 heterocycles. The van der Waals surface area contributed by atoms with Gasteiger partial charge >= 0.3 is 5.97 Å². The van der Waals surface area contributed by atoms with Crippen molar-refractivity contribution in [1.29, 1.82) is 0 Å². The molecule has 0 radical (unpaired) electrons. The van der Waals surface area contributed by atoms with E-state index in [1.54, 1.807) is 6.20 Å². The molecule has 0 bridgehead atoms. The van der Waals surface area contributed by atoms with Gasteiger partial charge in [-0.3, -0.25) is 14.7 Å². The largest absolute Gasteiger partial charge is 0.468 e. The second kappa shape index (κ2) is 6.81. The summed E-state index contributed by atoms with van der Waals surface area (Å²) in [7, 11) is 3.26. The molecule has 0 spiro atoms. The Morgan fingerprint density at radius 3 is 2.52 bits per heavy atom. The standard InChI is InChI=1S/C15H18N4O2/c1-19(10-15(20)21-2)9-11-3-5-12(6-4-11)13-7-18-14(16)8-17-13/h3-8H,9-10H2,1-2H3,(H2,16,18). The molecule has 0 aliphatic carbocycles. The van der Waals surface area contributed by atoms with Gasteiger partial charge in [0.2, 0.25) is 0 Å². The van der Waals surface area contributed by atoms with Crippen molar-refractivity contribution in [3.05, 3.63) is 42.2 Å². The lowest BCUT2D eigenvalue weighted by Crippen LogP contribution is -2.26. The third kappa shape index (κ3) is 4.25. The highest BCUT2D eigenvalue weighted by molar-refractivity contribution is 5.71. The van der Waals surface area contributed by atoms with Crippen LogP contribution in [0, 0.1) is 0 Å². The van der Waals surface area contributed by atoms with Gasteiger partial charge in [-0.2, -0.15) is 0 Å². The van der Waals surface area contributed by atoms with E-state index in [4.69, 9.17) is 5.73 Å². The molecule has 1 aromatic carbocycles. The van der Waals surface area contributed by atoms with Gasteiger partial charge in [-0.1, -0.05) is 24.3 Å². The summed E-state index contributed by atoms with van der Waals surface area (Å²) in [5, 5.41) is 0. The van der Waals surface area contributed by atoms with Crippen LogP contribution in [0.4, 0.5) is 5.82 Å². The second-order valence-corrected chi connectivity index (χ2v) is 4.77. The number of ether oxygens (including phenoxy) is 1. The molecule has 21 heavy (non-hydrogen) atoms. The maximum atomic E-state index is 11.2. The highest BCUT2D eigenvalue weighted by Gasteiger charge is 2.07. The Balaban J connectivity index is 2.02. The fraction of sp³-hybridized carbons (Fsp3) is 0.267. The van der Waals surface area contributed by atoms with Crippen molar-refractivity contribution in [2.75, 3.05) is 26.4 Å². The van der Waals surface area contributed by atoms with Crippen LogP contribution in [0.3, 0.4) is 0 Å². The highest BCUT2D eigenvalue weighted by atomic mass is 16.5. The van der Waals surface area contributed by atoms with Gasteiger partial charge in [-0.15, -0.1) is 0 Å². The van der Waals surface area contributed by atoms with E-state index in [1.165, 1.54) is 13.3 Å². The normalized spacial score (nSPS) is 10.6. The van der Waals surface area contributed by atoms with Crippen molar-refractivity contribution in [2.45, 2.75) is 6.54 Å². The van der Waals surface area contributed by atoms with E-state index in [2.05, 4.69) is 14.7 Å². The molecule has 0 unspecified atom stereocenters. The number of anilines is 1. The Kier molecular flexibility index (Phi) is 4.84. The van der Waals surface area contributed by atoms with Gasteiger partial charge in [-0.05, 0) is 12.6 Å². The molecule has 6 heteroatoms. The molecule has 0 saturated heterocycles. The van der Waals surface area contributed by atoms with Gasteiger partial charge in [0.25, 0.3) is 0 Å². The number of likely N-dealkylation sites (N-methyl/N-ethyl adjacent to an activating group) is 1. The zero-order chi connectivity index (χ0) is 15.2. The second-order valence-electron chi connectivity index (χ2n) is 4.77. The lowest BCUT2D eigenvalue weighted by atomic mass is 10.1. The molecule has 2 N–H and O–H groups in total. The van der Waals surface area contributed by atoms with Crippen LogP contribution in [0.2, 0.25) is 0 Å². The van der Waals surface area contributed by atoms with Crippen molar-refractivity contribution in [3.63, 3.8) is 0 Å². The Bertz CT molecular complexity index is 596. The average molecular weight is 286 g/mol. The smallest absolute Gasteiger partial charge is 0.319 e. The molecule has 110 valence electrons. The van der Waals surface area contributed by atoms with Gasteiger partial charge in [0.1, 0.15) is 5.82 Å². The number of aromatic nitrogens is 2. The third-order valence-electron chi connectivity index (χ3n) is 3.00. The number of carbonyl (C=O) groups excluding carboxylic acids is 1. The Labute approximate surface area is 123 Å². The molecule has 0 fully saturated rings. The van der Waals surface area contributed by atoms with Crippen LogP contribution in [0.25, 0.3) is 11.3 Å². The van der Waals surface area contributed by atoms with Gasteiger partial charge in [0, 0.05) is 12.1 Å². The number of methoxy groups -OCH3 is 1. The number of benzene rings is 1. The summed E-state index contributed by atoms with van der Waals surface area (Å²) in [6.45, 7) is 0.935. The number of nitrogens with zero attached hydrogens (tertiary/aromatic N) is 3. The van der Waals surface area contributed by atoms with Gasteiger partial charge < -0.3 is 10.5 Å². The molecular formula is C15H18N4O2. The number of hydrogen-bond donors (Lipinski definition) is 1.